The number of rotatable bonds is 1. The van der Waals surface area contributed by atoms with Crippen molar-refractivity contribution in [3.63, 3.8) is 0 Å². The summed E-state index contributed by atoms with van der Waals surface area (Å²) in [5.41, 5.74) is 4.25. The molecule has 1 N–H and O–H groups in total. The first-order chi connectivity index (χ1) is 11.3. The van der Waals surface area contributed by atoms with Crippen LogP contribution in [0.1, 0.15) is 17.0 Å². The number of benzene rings is 1. The van der Waals surface area contributed by atoms with Gasteiger partial charge in [-0.25, -0.2) is 4.79 Å². The molecule has 0 saturated carbocycles. The van der Waals surface area contributed by atoms with E-state index in [1.165, 1.54) is 0 Å². The molecule has 114 valence electrons. The summed E-state index contributed by atoms with van der Waals surface area (Å²) in [4.78, 5) is 16.4. The van der Waals surface area contributed by atoms with Crippen molar-refractivity contribution in [3.05, 3.63) is 59.1 Å². The van der Waals surface area contributed by atoms with Gasteiger partial charge in [-0.15, -0.1) is 0 Å². The lowest BCUT2D eigenvalue weighted by Gasteiger charge is -2.27. The zero-order valence-corrected chi connectivity index (χ0v) is 12.0. The molecule has 1 aromatic heterocycles. The number of anilines is 1. The molecule has 5 rings (SSSR count). The van der Waals surface area contributed by atoms with Crippen molar-refractivity contribution < 1.29 is 19.0 Å². The van der Waals surface area contributed by atoms with Gasteiger partial charge in [0.25, 0.3) is 0 Å². The van der Waals surface area contributed by atoms with Crippen LogP contribution < -0.4 is 14.8 Å². The molecule has 0 bridgehead atoms. The van der Waals surface area contributed by atoms with E-state index in [1.54, 1.807) is 12.4 Å². The molecule has 6 nitrogen and oxygen atoms in total. The normalized spacial score (nSPS) is 20.7. The number of ether oxygens (including phenoxy) is 3. The third-order valence-electron chi connectivity index (χ3n) is 4.34. The summed E-state index contributed by atoms with van der Waals surface area (Å²) in [5.74, 6) is 0.884. The van der Waals surface area contributed by atoms with Crippen LogP contribution in [0.4, 0.5) is 5.69 Å². The molecular formula is C17H12N2O4. The molecule has 0 radical (unpaired) electrons. The highest BCUT2D eigenvalue weighted by atomic mass is 16.7. The Labute approximate surface area is 131 Å². The van der Waals surface area contributed by atoms with E-state index in [-0.39, 0.29) is 25.3 Å². The SMILES string of the molecule is O=C1OCC2=C1C(c1cccnc1)c1cc3c(cc1N2)OCO3. The van der Waals surface area contributed by atoms with Crippen LogP contribution in [0.3, 0.4) is 0 Å². The van der Waals surface area contributed by atoms with Crippen molar-refractivity contribution in [1.29, 1.82) is 0 Å². The van der Waals surface area contributed by atoms with Crippen molar-refractivity contribution in [1.82, 2.24) is 4.98 Å². The summed E-state index contributed by atoms with van der Waals surface area (Å²) in [6.07, 6.45) is 3.49. The summed E-state index contributed by atoms with van der Waals surface area (Å²) in [7, 11) is 0. The van der Waals surface area contributed by atoms with Gasteiger partial charge in [-0.1, -0.05) is 6.07 Å². The summed E-state index contributed by atoms with van der Waals surface area (Å²) >= 11 is 0. The van der Waals surface area contributed by atoms with Gasteiger partial charge in [0.05, 0.1) is 11.3 Å². The van der Waals surface area contributed by atoms with Gasteiger partial charge in [0, 0.05) is 30.1 Å². The quantitative estimate of drug-likeness (QED) is 0.814. The minimum atomic E-state index is -0.287. The number of hydrogen-bond acceptors (Lipinski definition) is 6. The molecule has 6 heteroatoms. The van der Waals surface area contributed by atoms with Crippen molar-refractivity contribution >= 4 is 11.7 Å². The Bertz CT molecular complexity index is 860. The average molecular weight is 308 g/mol. The van der Waals surface area contributed by atoms with Gasteiger partial charge in [0.15, 0.2) is 11.5 Å². The topological polar surface area (TPSA) is 69.7 Å². The van der Waals surface area contributed by atoms with E-state index in [0.717, 1.165) is 22.5 Å². The Morgan fingerprint density at radius 1 is 1.17 bits per heavy atom. The Hall–Kier alpha value is -3.02. The summed E-state index contributed by atoms with van der Waals surface area (Å²) in [6, 6.07) is 7.67. The third-order valence-corrected chi connectivity index (χ3v) is 4.34. The summed E-state index contributed by atoms with van der Waals surface area (Å²) in [5, 5.41) is 3.30. The minimum absolute atomic E-state index is 0.213. The predicted octanol–water partition coefficient (Wildman–Crippen LogP) is 2.18. The van der Waals surface area contributed by atoms with E-state index in [0.29, 0.717) is 17.1 Å². The van der Waals surface area contributed by atoms with Crippen molar-refractivity contribution in [2.24, 2.45) is 0 Å². The molecule has 0 spiro atoms. The van der Waals surface area contributed by atoms with Crippen LogP contribution >= 0.6 is 0 Å². The second kappa shape index (κ2) is 4.49. The molecule has 23 heavy (non-hydrogen) atoms. The van der Waals surface area contributed by atoms with Gasteiger partial charge in [0.2, 0.25) is 6.79 Å². The van der Waals surface area contributed by atoms with Crippen LogP contribution in [0.15, 0.2) is 47.9 Å². The maximum Gasteiger partial charge on any atom is 0.337 e. The highest BCUT2D eigenvalue weighted by molar-refractivity contribution is 5.97. The molecule has 3 aliphatic heterocycles. The first-order valence-corrected chi connectivity index (χ1v) is 7.32. The largest absolute Gasteiger partial charge is 0.456 e. The molecule has 1 aromatic carbocycles. The minimum Gasteiger partial charge on any atom is -0.456 e. The number of cyclic esters (lactones) is 1. The number of nitrogens with one attached hydrogen (secondary N) is 1. The van der Waals surface area contributed by atoms with Crippen LogP contribution in [0, 0.1) is 0 Å². The Morgan fingerprint density at radius 3 is 2.87 bits per heavy atom. The predicted molar refractivity (Wildman–Crippen MR) is 80.3 cm³/mol. The smallest absolute Gasteiger partial charge is 0.337 e. The number of esters is 1. The van der Waals surface area contributed by atoms with Gasteiger partial charge in [-0.3, -0.25) is 4.98 Å². The molecule has 2 aromatic rings. The second-order valence-corrected chi connectivity index (χ2v) is 5.61. The Morgan fingerprint density at radius 2 is 2.04 bits per heavy atom. The number of carbonyl (C=O) groups is 1. The van der Waals surface area contributed by atoms with E-state index < -0.39 is 0 Å². The Kier molecular flexibility index (Phi) is 2.44. The molecule has 3 aliphatic rings. The highest BCUT2D eigenvalue weighted by Crippen LogP contribution is 2.48. The van der Waals surface area contributed by atoms with Gasteiger partial charge in [-0.05, 0) is 23.3 Å². The molecule has 0 fully saturated rings. The van der Waals surface area contributed by atoms with Gasteiger partial charge >= 0.3 is 5.97 Å². The maximum absolute atomic E-state index is 12.2. The lowest BCUT2D eigenvalue weighted by atomic mass is 9.81. The Balaban J connectivity index is 1.75. The van der Waals surface area contributed by atoms with Crippen LogP contribution in [0.25, 0.3) is 0 Å². The van der Waals surface area contributed by atoms with Crippen LogP contribution in [-0.2, 0) is 9.53 Å². The first-order valence-electron chi connectivity index (χ1n) is 7.32. The number of hydrogen-bond donors (Lipinski definition) is 1. The lowest BCUT2D eigenvalue weighted by molar-refractivity contribution is -0.136. The first kappa shape index (κ1) is 12.5. The monoisotopic (exact) mass is 308 g/mol. The van der Waals surface area contributed by atoms with E-state index in [9.17, 15) is 4.79 Å². The van der Waals surface area contributed by atoms with Crippen LogP contribution in [0.5, 0.6) is 11.5 Å². The standard InChI is InChI=1S/C17H12N2O4/c20-17-16-12(7-21-17)19-11-5-14-13(22-8-23-14)4-10(11)15(16)9-2-1-3-18-6-9/h1-6,15,19H,7-8H2. The molecule has 0 amide bonds. The van der Waals surface area contributed by atoms with Crippen molar-refractivity contribution in [2.45, 2.75) is 5.92 Å². The number of pyridine rings is 1. The molecule has 0 saturated heterocycles. The molecule has 0 aliphatic carbocycles. The van der Waals surface area contributed by atoms with Gasteiger partial charge in [-0.2, -0.15) is 0 Å². The number of nitrogens with zero attached hydrogens (tertiary/aromatic N) is 1. The molecular weight excluding hydrogens is 296 g/mol. The number of aromatic nitrogens is 1. The second-order valence-electron chi connectivity index (χ2n) is 5.61. The van der Waals surface area contributed by atoms with E-state index in [2.05, 4.69) is 10.3 Å². The summed E-state index contributed by atoms with van der Waals surface area (Å²) in [6.45, 7) is 0.476. The maximum atomic E-state index is 12.2. The highest BCUT2D eigenvalue weighted by Gasteiger charge is 2.39. The van der Waals surface area contributed by atoms with E-state index >= 15 is 0 Å². The fourth-order valence-electron chi connectivity index (χ4n) is 3.33. The van der Waals surface area contributed by atoms with E-state index in [1.807, 2.05) is 24.3 Å². The zero-order chi connectivity index (χ0) is 15.4. The summed E-state index contributed by atoms with van der Waals surface area (Å²) < 4.78 is 16.2. The zero-order valence-electron chi connectivity index (χ0n) is 12.0. The third kappa shape index (κ3) is 1.75. The fourth-order valence-corrected chi connectivity index (χ4v) is 3.33. The van der Waals surface area contributed by atoms with Crippen molar-refractivity contribution in [3.8, 4) is 11.5 Å². The van der Waals surface area contributed by atoms with Crippen molar-refractivity contribution in [2.75, 3.05) is 18.7 Å². The van der Waals surface area contributed by atoms with Gasteiger partial charge < -0.3 is 19.5 Å². The molecule has 1 unspecified atom stereocenters. The number of fused-ring (bicyclic) bond motifs is 2. The molecule has 4 heterocycles. The van der Waals surface area contributed by atoms with E-state index in [4.69, 9.17) is 14.2 Å². The average Bonchev–Trinajstić information content (AvgIpc) is 3.18. The van der Waals surface area contributed by atoms with Crippen LogP contribution in [0.2, 0.25) is 0 Å². The number of carbonyl (C=O) groups excluding carboxylic acids is 1. The fraction of sp³-hybridized carbons (Fsp3) is 0.176. The lowest BCUT2D eigenvalue weighted by Crippen LogP contribution is -2.19. The molecule has 1 atom stereocenters. The van der Waals surface area contributed by atoms with Crippen LogP contribution in [-0.4, -0.2) is 24.4 Å². The van der Waals surface area contributed by atoms with Gasteiger partial charge in [0.1, 0.15) is 6.61 Å².